The summed E-state index contributed by atoms with van der Waals surface area (Å²) < 4.78 is 5.33. The van der Waals surface area contributed by atoms with Crippen LogP contribution in [-0.4, -0.2) is 30.8 Å². The van der Waals surface area contributed by atoms with Gasteiger partial charge in [-0.3, -0.25) is 0 Å². The molecule has 2 fully saturated rings. The SMILES string of the molecule is CC(C)(C)OC(=O)N[C@@H]1CCC[C@@]12CCNC2. The lowest BCUT2D eigenvalue weighted by Crippen LogP contribution is -2.47. The molecule has 1 aliphatic carbocycles. The second-order valence-electron chi connectivity index (χ2n) is 6.38. The molecule has 2 N–H and O–H groups in total. The Morgan fingerprint density at radius 3 is 2.76 bits per heavy atom. The van der Waals surface area contributed by atoms with E-state index in [1.165, 1.54) is 19.3 Å². The molecule has 2 atom stereocenters. The van der Waals surface area contributed by atoms with Gasteiger partial charge in [0, 0.05) is 18.0 Å². The van der Waals surface area contributed by atoms with Gasteiger partial charge in [-0.1, -0.05) is 6.42 Å². The molecule has 0 aromatic heterocycles. The normalized spacial score (nSPS) is 33.0. The zero-order valence-electron chi connectivity index (χ0n) is 11.1. The molecule has 1 spiro atoms. The van der Waals surface area contributed by atoms with Crippen LogP contribution in [-0.2, 0) is 4.74 Å². The van der Waals surface area contributed by atoms with E-state index in [0.717, 1.165) is 19.5 Å². The molecule has 4 nitrogen and oxygen atoms in total. The summed E-state index contributed by atoms with van der Waals surface area (Å²) >= 11 is 0. The number of hydrogen-bond acceptors (Lipinski definition) is 3. The van der Waals surface area contributed by atoms with E-state index in [9.17, 15) is 4.79 Å². The van der Waals surface area contributed by atoms with Gasteiger partial charge in [0.05, 0.1) is 0 Å². The molecule has 0 aromatic carbocycles. The average Bonchev–Trinajstić information content (AvgIpc) is 2.76. The van der Waals surface area contributed by atoms with Gasteiger partial charge in [-0.2, -0.15) is 0 Å². The van der Waals surface area contributed by atoms with E-state index in [4.69, 9.17) is 4.74 Å². The van der Waals surface area contributed by atoms with Crippen LogP contribution in [0.15, 0.2) is 0 Å². The zero-order valence-corrected chi connectivity index (χ0v) is 11.1. The van der Waals surface area contributed by atoms with Crippen LogP contribution in [0.2, 0.25) is 0 Å². The van der Waals surface area contributed by atoms with Crippen LogP contribution < -0.4 is 10.6 Å². The highest BCUT2D eigenvalue weighted by Gasteiger charge is 2.45. The van der Waals surface area contributed by atoms with Crippen LogP contribution in [0.25, 0.3) is 0 Å². The van der Waals surface area contributed by atoms with Gasteiger partial charge in [-0.05, 0) is 46.6 Å². The number of amides is 1. The Morgan fingerprint density at radius 2 is 2.18 bits per heavy atom. The van der Waals surface area contributed by atoms with E-state index in [1.807, 2.05) is 20.8 Å². The van der Waals surface area contributed by atoms with E-state index in [0.29, 0.717) is 0 Å². The fourth-order valence-corrected chi connectivity index (χ4v) is 3.09. The molecule has 0 unspecified atom stereocenters. The summed E-state index contributed by atoms with van der Waals surface area (Å²) in [6.07, 6.45) is 4.42. The molecule has 1 saturated carbocycles. The van der Waals surface area contributed by atoms with Gasteiger partial charge in [0.2, 0.25) is 0 Å². The molecule has 1 heterocycles. The van der Waals surface area contributed by atoms with Gasteiger partial charge in [-0.15, -0.1) is 0 Å². The highest BCUT2D eigenvalue weighted by atomic mass is 16.6. The summed E-state index contributed by atoms with van der Waals surface area (Å²) in [6, 6.07) is 0.285. The lowest BCUT2D eigenvalue weighted by atomic mass is 9.82. The van der Waals surface area contributed by atoms with E-state index in [2.05, 4.69) is 10.6 Å². The molecule has 2 aliphatic rings. The Morgan fingerprint density at radius 1 is 1.41 bits per heavy atom. The van der Waals surface area contributed by atoms with Gasteiger partial charge >= 0.3 is 6.09 Å². The van der Waals surface area contributed by atoms with Crippen molar-refractivity contribution < 1.29 is 9.53 Å². The van der Waals surface area contributed by atoms with Crippen LogP contribution in [0.5, 0.6) is 0 Å². The molecule has 17 heavy (non-hydrogen) atoms. The van der Waals surface area contributed by atoms with E-state index < -0.39 is 5.60 Å². The Kier molecular flexibility index (Phi) is 3.34. The summed E-state index contributed by atoms with van der Waals surface area (Å²) in [5, 5.41) is 6.48. The number of rotatable bonds is 1. The van der Waals surface area contributed by atoms with Crippen molar-refractivity contribution in [3.8, 4) is 0 Å². The minimum atomic E-state index is -0.413. The van der Waals surface area contributed by atoms with Gasteiger partial charge in [0.25, 0.3) is 0 Å². The van der Waals surface area contributed by atoms with Crippen molar-refractivity contribution in [1.29, 1.82) is 0 Å². The smallest absolute Gasteiger partial charge is 0.407 e. The van der Waals surface area contributed by atoms with E-state index in [-0.39, 0.29) is 17.6 Å². The maximum atomic E-state index is 11.8. The first kappa shape index (κ1) is 12.7. The number of alkyl carbamates (subject to hydrolysis) is 1. The van der Waals surface area contributed by atoms with Crippen molar-refractivity contribution in [3.63, 3.8) is 0 Å². The van der Waals surface area contributed by atoms with E-state index in [1.54, 1.807) is 0 Å². The predicted octanol–water partition coefficient (Wildman–Crippen LogP) is 2.04. The molecule has 1 saturated heterocycles. The summed E-state index contributed by atoms with van der Waals surface area (Å²) in [5.74, 6) is 0. The molecule has 1 amide bonds. The molecule has 2 rings (SSSR count). The number of nitrogens with one attached hydrogen (secondary N) is 2. The monoisotopic (exact) mass is 240 g/mol. The number of carbonyl (C=O) groups excluding carboxylic acids is 1. The number of hydrogen-bond donors (Lipinski definition) is 2. The van der Waals surface area contributed by atoms with Crippen LogP contribution in [0.1, 0.15) is 46.5 Å². The molecule has 0 bridgehead atoms. The Balaban J connectivity index is 1.92. The fourth-order valence-electron chi connectivity index (χ4n) is 3.09. The topological polar surface area (TPSA) is 50.4 Å². The third-order valence-corrected chi connectivity index (χ3v) is 3.87. The standard InChI is InChI=1S/C13H24N2O2/c1-12(2,3)17-11(16)15-10-5-4-6-13(10)7-8-14-9-13/h10,14H,4-9H2,1-3H3,(H,15,16)/t10-,13+/m1/s1. The maximum Gasteiger partial charge on any atom is 0.407 e. The number of ether oxygens (including phenoxy) is 1. The van der Waals surface area contributed by atoms with Crippen molar-refractivity contribution in [2.45, 2.75) is 58.1 Å². The van der Waals surface area contributed by atoms with Crippen molar-refractivity contribution in [2.75, 3.05) is 13.1 Å². The molecule has 4 heteroatoms. The Labute approximate surface area is 103 Å². The average molecular weight is 240 g/mol. The van der Waals surface area contributed by atoms with Gasteiger partial charge < -0.3 is 15.4 Å². The predicted molar refractivity (Wildman–Crippen MR) is 66.9 cm³/mol. The van der Waals surface area contributed by atoms with Crippen LogP contribution in [0, 0.1) is 5.41 Å². The zero-order chi connectivity index (χ0) is 12.5. The minimum Gasteiger partial charge on any atom is -0.444 e. The highest BCUT2D eigenvalue weighted by molar-refractivity contribution is 5.68. The van der Waals surface area contributed by atoms with Crippen molar-refractivity contribution in [1.82, 2.24) is 10.6 Å². The van der Waals surface area contributed by atoms with E-state index >= 15 is 0 Å². The largest absolute Gasteiger partial charge is 0.444 e. The Bertz CT molecular complexity index is 285. The van der Waals surface area contributed by atoms with Crippen LogP contribution >= 0.6 is 0 Å². The lowest BCUT2D eigenvalue weighted by molar-refractivity contribution is 0.0467. The van der Waals surface area contributed by atoms with Gasteiger partial charge in [-0.25, -0.2) is 4.79 Å². The minimum absolute atomic E-state index is 0.268. The van der Waals surface area contributed by atoms with Crippen molar-refractivity contribution in [2.24, 2.45) is 5.41 Å². The van der Waals surface area contributed by atoms with Crippen LogP contribution in [0.4, 0.5) is 4.79 Å². The molecule has 1 aliphatic heterocycles. The Hall–Kier alpha value is -0.770. The fraction of sp³-hybridized carbons (Fsp3) is 0.923. The first-order chi connectivity index (χ1) is 7.91. The van der Waals surface area contributed by atoms with Crippen molar-refractivity contribution in [3.05, 3.63) is 0 Å². The van der Waals surface area contributed by atoms with Gasteiger partial charge in [0.1, 0.15) is 5.60 Å². The summed E-state index contributed by atoms with van der Waals surface area (Å²) in [6.45, 7) is 7.80. The van der Waals surface area contributed by atoms with Crippen molar-refractivity contribution >= 4 is 6.09 Å². The number of carbonyl (C=O) groups is 1. The summed E-state index contributed by atoms with van der Waals surface area (Å²) in [4.78, 5) is 11.8. The quantitative estimate of drug-likeness (QED) is 0.737. The molecular weight excluding hydrogens is 216 g/mol. The summed E-state index contributed by atoms with van der Waals surface area (Å²) in [7, 11) is 0. The first-order valence-corrected chi connectivity index (χ1v) is 6.62. The highest BCUT2D eigenvalue weighted by Crippen LogP contribution is 2.42. The van der Waals surface area contributed by atoms with Gasteiger partial charge in [0.15, 0.2) is 0 Å². The third kappa shape index (κ3) is 2.92. The molecular formula is C13H24N2O2. The maximum absolute atomic E-state index is 11.8. The third-order valence-electron chi connectivity index (χ3n) is 3.87. The summed E-state index contributed by atoms with van der Waals surface area (Å²) in [5.41, 5.74) is -0.124. The van der Waals surface area contributed by atoms with Crippen LogP contribution in [0.3, 0.4) is 0 Å². The molecule has 0 radical (unpaired) electrons. The molecule has 98 valence electrons. The molecule has 0 aromatic rings. The second-order valence-corrected chi connectivity index (χ2v) is 6.38. The lowest BCUT2D eigenvalue weighted by Gasteiger charge is -2.31. The first-order valence-electron chi connectivity index (χ1n) is 6.62. The second kappa shape index (κ2) is 4.48.